The van der Waals surface area contributed by atoms with Crippen LogP contribution in [0.15, 0.2) is 59.5 Å². The summed E-state index contributed by atoms with van der Waals surface area (Å²) in [7, 11) is 2.07. The molecule has 0 bridgehead atoms. The number of nitrogens with zero attached hydrogens (tertiary/aromatic N) is 6. The summed E-state index contributed by atoms with van der Waals surface area (Å²) in [6.07, 6.45) is 2.81. The third-order valence-corrected chi connectivity index (χ3v) is 6.66. The van der Waals surface area contributed by atoms with Gasteiger partial charge in [-0.1, -0.05) is 24.3 Å². The van der Waals surface area contributed by atoms with E-state index in [2.05, 4.69) is 23.0 Å². The number of fused-ring (bicyclic) bond motifs is 4. The van der Waals surface area contributed by atoms with E-state index in [1.54, 1.807) is 10.8 Å². The van der Waals surface area contributed by atoms with E-state index >= 15 is 0 Å². The van der Waals surface area contributed by atoms with Gasteiger partial charge in [0, 0.05) is 31.5 Å². The Morgan fingerprint density at radius 2 is 1.88 bits per heavy atom. The summed E-state index contributed by atoms with van der Waals surface area (Å²) in [5, 5.41) is 1.65. The maximum Gasteiger partial charge on any atom is 0.261 e. The number of para-hydroxylation sites is 2. The molecule has 0 spiro atoms. The second-order valence-electron chi connectivity index (χ2n) is 9.00. The van der Waals surface area contributed by atoms with E-state index in [0.717, 1.165) is 59.9 Å². The van der Waals surface area contributed by atoms with E-state index in [-0.39, 0.29) is 12.1 Å². The number of hydrogen-bond acceptors (Lipinski definition) is 6. The van der Waals surface area contributed by atoms with E-state index in [0.29, 0.717) is 17.1 Å². The zero-order valence-corrected chi connectivity index (χ0v) is 19.3. The van der Waals surface area contributed by atoms with Crippen molar-refractivity contribution in [1.82, 2.24) is 23.9 Å². The van der Waals surface area contributed by atoms with Crippen LogP contribution in [-0.4, -0.2) is 50.7 Å². The van der Waals surface area contributed by atoms with E-state index in [1.165, 1.54) is 0 Å². The predicted octanol–water partition coefficient (Wildman–Crippen LogP) is 3.42. The summed E-state index contributed by atoms with van der Waals surface area (Å²) in [6, 6.07) is 15.7. The quantitative estimate of drug-likeness (QED) is 0.405. The summed E-state index contributed by atoms with van der Waals surface area (Å²) in [6.45, 7) is 4.67. The van der Waals surface area contributed by atoms with Crippen molar-refractivity contribution in [3.8, 4) is 0 Å². The molecule has 0 saturated carbocycles. The third kappa shape index (κ3) is 3.42. The van der Waals surface area contributed by atoms with Crippen molar-refractivity contribution in [2.24, 2.45) is 5.92 Å². The molecule has 1 aliphatic rings. The van der Waals surface area contributed by atoms with Crippen LogP contribution in [0, 0.1) is 12.8 Å². The lowest BCUT2D eigenvalue weighted by atomic mass is 10.1. The smallest absolute Gasteiger partial charge is 0.261 e. The molecule has 3 aromatic heterocycles. The van der Waals surface area contributed by atoms with Crippen LogP contribution in [0.25, 0.3) is 27.5 Å². The molecule has 1 atom stereocenters. The summed E-state index contributed by atoms with van der Waals surface area (Å²) in [5.74, 6) is 2.79. The Hall–Kier alpha value is -3.78. The first kappa shape index (κ1) is 20.8. The summed E-state index contributed by atoms with van der Waals surface area (Å²) in [4.78, 5) is 30.0. The largest absolute Gasteiger partial charge is 0.381 e. The van der Waals surface area contributed by atoms with Gasteiger partial charge in [0.2, 0.25) is 0 Å². The highest BCUT2D eigenvalue weighted by atomic mass is 16.5. The molecular weight excluding hydrogens is 428 g/mol. The molecule has 1 saturated heterocycles. The summed E-state index contributed by atoms with van der Waals surface area (Å²) >= 11 is 0. The standard InChI is InChI=1S/C26H26N6O2/c1-17-27-13-24-31(26(33)20-8-4-6-10-22(20)32(17)24)15-23-28-21-9-5-3-7-19(21)25(29-23)30(2)14-18-11-12-34-16-18/h3-10,13,18H,11-12,14-16H2,1-2H3. The molecule has 1 unspecified atom stereocenters. The van der Waals surface area contributed by atoms with Gasteiger partial charge in [0.1, 0.15) is 17.3 Å². The number of aryl methyl sites for hydroxylation is 1. The highest BCUT2D eigenvalue weighted by Gasteiger charge is 2.21. The average molecular weight is 455 g/mol. The van der Waals surface area contributed by atoms with Crippen molar-refractivity contribution in [2.45, 2.75) is 19.9 Å². The highest BCUT2D eigenvalue weighted by Crippen LogP contribution is 2.26. The normalized spacial score (nSPS) is 16.1. The molecule has 0 aliphatic carbocycles. The van der Waals surface area contributed by atoms with Crippen LogP contribution in [0.4, 0.5) is 5.82 Å². The van der Waals surface area contributed by atoms with Crippen LogP contribution in [0.5, 0.6) is 0 Å². The Balaban J connectivity index is 1.49. The molecule has 8 nitrogen and oxygen atoms in total. The molecule has 5 aromatic rings. The first-order chi connectivity index (χ1) is 16.6. The van der Waals surface area contributed by atoms with Crippen molar-refractivity contribution in [2.75, 3.05) is 31.7 Å². The fraction of sp³-hybridized carbons (Fsp3) is 0.308. The van der Waals surface area contributed by atoms with Crippen LogP contribution in [0.3, 0.4) is 0 Å². The topological polar surface area (TPSA) is 77.6 Å². The molecule has 1 fully saturated rings. The minimum Gasteiger partial charge on any atom is -0.381 e. The number of rotatable bonds is 5. The Kier molecular flexibility index (Phi) is 5.03. The summed E-state index contributed by atoms with van der Waals surface area (Å²) < 4.78 is 9.31. The first-order valence-electron chi connectivity index (χ1n) is 11.6. The number of benzene rings is 2. The van der Waals surface area contributed by atoms with Gasteiger partial charge in [-0.25, -0.2) is 15.0 Å². The SMILES string of the molecule is Cc1ncc2n(Cc3nc(N(C)CC4CCOC4)c4ccccc4n3)c(=O)c3ccccc3n12. The fourth-order valence-corrected chi connectivity index (χ4v) is 4.98. The Bertz CT molecular complexity index is 1580. The predicted molar refractivity (Wildman–Crippen MR) is 133 cm³/mol. The van der Waals surface area contributed by atoms with E-state index in [9.17, 15) is 4.79 Å². The van der Waals surface area contributed by atoms with Gasteiger partial charge in [-0.3, -0.25) is 13.8 Å². The van der Waals surface area contributed by atoms with Gasteiger partial charge < -0.3 is 9.64 Å². The van der Waals surface area contributed by atoms with Gasteiger partial charge in [0.05, 0.1) is 35.8 Å². The van der Waals surface area contributed by atoms with Gasteiger partial charge in [-0.05, 0) is 37.6 Å². The zero-order chi connectivity index (χ0) is 23.2. The molecular formula is C26H26N6O2. The van der Waals surface area contributed by atoms with Crippen LogP contribution in [0.2, 0.25) is 0 Å². The minimum atomic E-state index is -0.0715. The molecule has 6 rings (SSSR count). The van der Waals surface area contributed by atoms with Crippen molar-refractivity contribution >= 4 is 33.3 Å². The number of imidazole rings is 1. The molecule has 0 amide bonds. The number of ether oxygens (including phenoxy) is 1. The van der Waals surface area contributed by atoms with Crippen molar-refractivity contribution in [3.63, 3.8) is 0 Å². The van der Waals surface area contributed by atoms with Gasteiger partial charge >= 0.3 is 0 Å². The Morgan fingerprint density at radius 1 is 1.09 bits per heavy atom. The maximum atomic E-state index is 13.5. The molecule has 8 heteroatoms. The van der Waals surface area contributed by atoms with Crippen molar-refractivity contribution in [3.05, 3.63) is 76.7 Å². The van der Waals surface area contributed by atoms with Crippen molar-refractivity contribution < 1.29 is 4.74 Å². The lowest BCUT2D eigenvalue weighted by molar-refractivity contribution is 0.186. The molecule has 1 aliphatic heterocycles. The average Bonchev–Trinajstić information content (AvgIpc) is 3.51. The monoisotopic (exact) mass is 454 g/mol. The summed E-state index contributed by atoms with van der Waals surface area (Å²) in [5.41, 5.74) is 2.38. The molecule has 34 heavy (non-hydrogen) atoms. The third-order valence-electron chi connectivity index (χ3n) is 6.66. The lowest BCUT2D eigenvalue weighted by Crippen LogP contribution is -2.28. The van der Waals surface area contributed by atoms with E-state index in [1.807, 2.05) is 53.8 Å². The Labute approximate surface area is 196 Å². The van der Waals surface area contributed by atoms with Crippen LogP contribution < -0.4 is 10.5 Å². The fourth-order valence-electron chi connectivity index (χ4n) is 4.98. The van der Waals surface area contributed by atoms with Crippen molar-refractivity contribution in [1.29, 1.82) is 0 Å². The molecule has 0 radical (unpaired) electrons. The van der Waals surface area contributed by atoms with Crippen LogP contribution in [0.1, 0.15) is 18.1 Å². The molecule has 2 aromatic carbocycles. The number of hydrogen-bond donors (Lipinski definition) is 0. The minimum absolute atomic E-state index is 0.0715. The van der Waals surface area contributed by atoms with Crippen LogP contribution >= 0.6 is 0 Å². The van der Waals surface area contributed by atoms with Crippen LogP contribution in [-0.2, 0) is 11.3 Å². The highest BCUT2D eigenvalue weighted by molar-refractivity contribution is 5.89. The second-order valence-corrected chi connectivity index (χ2v) is 9.00. The van der Waals surface area contributed by atoms with Gasteiger partial charge in [0.25, 0.3) is 5.56 Å². The van der Waals surface area contributed by atoms with Gasteiger partial charge in [-0.15, -0.1) is 0 Å². The lowest BCUT2D eigenvalue weighted by Gasteiger charge is -2.23. The number of aromatic nitrogens is 5. The maximum absolute atomic E-state index is 13.5. The zero-order valence-electron chi connectivity index (χ0n) is 19.3. The second kappa shape index (κ2) is 8.22. The number of anilines is 1. The van der Waals surface area contributed by atoms with Gasteiger partial charge in [-0.2, -0.15) is 0 Å². The van der Waals surface area contributed by atoms with Gasteiger partial charge in [0.15, 0.2) is 5.82 Å². The molecule has 0 N–H and O–H groups in total. The molecule has 4 heterocycles. The van der Waals surface area contributed by atoms with E-state index < -0.39 is 0 Å². The first-order valence-corrected chi connectivity index (χ1v) is 11.6. The van der Waals surface area contributed by atoms with E-state index in [4.69, 9.17) is 14.7 Å². The Morgan fingerprint density at radius 3 is 2.71 bits per heavy atom. The molecule has 172 valence electrons.